The van der Waals surface area contributed by atoms with Crippen molar-refractivity contribution in [2.45, 2.75) is 40.5 Å². The first-order valence-corrected chi connectivity index (χ1v) is 4.42. The average Bonchev–Trinajstić information content (AvgIpc) is 2.17. The molecule has 2 amide bonds. The number of carbonyl (C=O) groups is 2. The molecule has 0 aromatic carbocycles. The minimum Gasteiger partial charge on any atom is -0.286 e. The fraction of sp³-hybridized carbons (Fsp3) is 0.778. The van der Waals surface area contributed by atoms with Crippen molar-refractivity contribution in [1.82, 2.24) is 4.90 Å². The molecule has 0 aliphatic rings. The molecule has 0 spiro atoms. The Hall–Kier alpha value is -0.860. The van der Waals surface area contributed by atoms with Gasteiger partial charge >= 0.3 is 0 Å². The zero-order valence-electron chi connectivity index (χ0n) is 8.68. The summed E-state index contributed by atoms with van der Waals surface area (Å²) in [4.78, 5) is 22.8. The first-order valence-electron chi connectivity index (χ1n) is 4.42. The van der Waals surface area contributed by atoms with Crippen LogP contribution >= 0.6 is 0 Å². The molecule has 3 heteroatoms. The van der Waals surface area contributed by atoms with Gasteiger partial charge in [0.05, 0.1) is 0 Å². The summed E-state index contributed by atoms with van der Waals surface area (Å²) in [7, 11) is 1.51. The Morgan fingerprint density at radius 3 is 1.42 bits per heavy atom. The number of hydrogen-bond acceptors (Lipinski definition) is 2. The third-order valence-electron chi connectivity index (χ3n) is 1.35. The van der Waals surface area contributed by atoms with Gasteiger partial charge in [-0.2, -0.15) is 0 Å². The van der Waals surface area contributed by atoms with Crippen molar-refractivity contribution in [2.24, 2.45) is 0 Å². The van der Waals surface area contributed by atoms with E-state index in [1.165, 1.54) is 11.9 Å². The molecule has 0 atom stereocenters. The van der Waals surface area contributed by atoms with Crippen molar-refractivity contribution < 1.29 is 9.59 Å². The maximum absolute atomic E-state index is 10.8. The Labute approximate surface area is 74.7 Å². The highest BCUT2D eigenvalue weighted by Gasteiger charge is 2.11. The smallest absolute Gasteiger partial charge is 0.228 e. The van der Waals surface area contributed by atoms with Gasteiger partial charge in [-0.3, -0.25) is 14.5 Å². The normalized spacial score (nSPS) is 8.08. The predicted molar refractivity (Wildman–Crippen MR) is 49.7 cm³/mol. The number of imide groups is 1. The molecule has 0 rings (SSSR count). The van der Waals surface area contributed by atoms with Gasteiger partial charge in [-0.05, 0) is 0 Å². The molecule has 0 aromatic heterocycles. The van der Waals surface area contributed by atoms with Crippen molar-refractivity contribution in [3.05, 3.63) is 0 Å². The van der Waals surface area contributed by atoms with E-state index in [-0.39, 0.29) is 11.8 Å². The highest BCUT2D eigenvalue weighted by Crippen LogP contribution is 1.93. The Balaban J connectivity index is 0. The fourth-order valence-corrected chi connectivity index (χ4v) is 0.613. The van der Waals surface area contributed by atoms with Crippen LogP contribution in [0.5, 0.6) is 0 Å². The molecule has 0 aliphatic carbocycles. The van der Waals surface area contributed by atoms with E-state index >= 15 is 0 Å². The molecule has 0 saturated heterocycles. The number of rotatable bonds is 2. The van der Waals surface area contributed by atoms with E-state index < -0.39 is 0 Å². The molecule has 0 saturated carbocycles. The van der Waals surface area contributed by atoms with Gasteiger partial charge < -0.3 is 0 Å². The number of carbonyl (C=O) groups excluding carboxylic acids is 2. The van der Waals surface area contributed by atoms with Gasteiger partial charge in [-0.1, -0.05) is 27.7 Å². The summed E-state index contributed by atoms with van der Waals surface area (Å²) in [6.07, 6.45) is 0.782. The van der Waals surface area contributed by atoms with Crippen LogP contribution in [0.1, 0.15) is 40.5 Å². The van der Waals surface area contributed by atoms with E-state index in [0.29, 0.717) is 12.8 Å². The molecule has 0 aliphatic heterocycles. The summed E-state index contributed by atoms with van der Waals surface area (Å²) in [5.41, 5.74) is 0. The largest absolute Gasteiger partial charge is 0.286 e. The van der Waals surface area contributed by atoms with Crippen LogP contribution in [-0.2, 0) is 9.59 Å². The quantitative estimate of drug-likeness (QED) is 0.638. The summed E-state index contributed by atoms with van der Waals surface area (Å²) < 4.78 is 0. The van der Waals surface area contributed by atoms with E-state index in [9.17, 15) is 9.59 Å². The summed E-state index contributed by atoms with van der Waals surface area (Å²) in [6, 6.07) is 0. The Bertz CT molecular complexity index is 127. The second-order valence-electron chi connectivity index (χ2n) is 2.05. The first-order chi connectivity index (χ1) is 5.63. The monoisotopic (exact) mass is 173 g/mol. The molecule has 0 N–H and O–H groups in total. The predicted octanol–water partition coefficient (Wildman–Crippen LogP) is 1.82. The van der Waals surface area contributed by atoms with Crippen LogP contribution in [0.3, 0.4) is 0 Å². The van der Waals surface area contributed by atoms with Gasteiger partial charge in [-0.25, -0.2) is 0 Å². The highest BCUT2D eigenvalue weighted by molar-refractivity contribution is 5.94. The van der Waals surface area contributed by atoms with Crippen LogP contribution < -0.4 is 0 Å². The number of hydrogen-bond donors (Lipinski definition) is 0. The molecule has 0 radical (unpaired) electrons. The zero-order valence-corrected chi connectivity index (χ0v) is 8.68. The minimum atomic E-state index is -0.119. The molecule has 3 nitrogen and oxygen atoms in total. The SMILES string of the molecule is CC.CCC(=O)N(C)C(=O)CC. The van der Waals surface area contributed by atoms with Crippen LogP contribution in [-0.4, -0.2) is 23.8 Å². The lowest BCUT2D eigenvalue weighted by atomic mass is 10.3. The molecule has 0 unspecified atom stereocenters. The third-order valence-corrected chi connectivity index (χ3v) is 1.35. The molecular formula is C9H19NO2. The van der Waals surface area contributed by atoms with Gasteiger partial charge in [0.2, 0.25) is 11.8 Å². The summed E-state index contributed by atoms with van der Waals surface area (Å²) in [6.45, 7) is 7.48. The molecular weight excluding hydrogens is 154 g/mol. The van der Waals surface area contributed by atoms with Crippen LogP contribution in [0.15, 0.2) is 0 Å². The average molecular weight is 173 g/mol. The lowest BCUT2D eigenvalue weighted by molar-refractivity contribution is -0.142. The minimum absolute atomic E-state index is 0.119. The molecule has 0 aromatic rings. The van der Waals surface area contributed by atoms with Crippen molar-refractivity contribution >= 4 is 11.8 Å². The maximum atomic E-state index is 10.8. The summed E-state index contributed by atoms with van der Waals surface area (Å²) >= 11 is 0. The van der Waals surface area contributed by atoms with Crippen LogP contribution in [0.4, 0.5) is 0 Å². The molecule has 0 heterocycles. The maximum Gasteiger partial charge on any atom is 0.228 e. The second-order valence-corrected chi connectivity index (χ2v) is 2.05. The highest BCUT2D eigenvalue weighted by atomic mass is 16.2. The van der Waals surface area contributed by atoms with Crippen molar-refractivity contribution in [3.8, 4) is 0 Å². The Kier molecular flexibility index (Phi) is 9.41. The van der Waals surface area contributed by atoms with Crippen LogP contribution in [0, 0.1) is 0 Å². The lowest BCUT2D eigenvalue weighted by Gasteiger charge is -2.12. The number of amides is 2. The molecule has 0 fully saturated rings. The summed E-state index contributed by atoms with van der Waals surface area (Å²) in [5, 5.41) is 0. The first kappa shape index (κ1) is 13.7. The Morgan fingerprint density at radius 2 is 1.25 bits per heavy atom. The molecule has 72 valence electrons. The van der Waals surface area contributed by atoms with Crippen LogP contribution in [0.25, 0.3) is 0 Å². The van der Waals surface area contributed by atoms with Crippen LogP contribution in [0.2, 0.25) is 0 Å². The lowest BCUT2D eigenvalue weighted by Crippen LogP contribution is -2.31. The topological polar surface area (TPSA) is 37.4 Å². The Morgan fingerprint density at radius 1 is 1.00 bits per heavy atom. The van der Waals surface area contributed by atoms with E-state index in [1.54, 1.807) is 13.8 Å². The standard InChI is InChI=1S/C7H13NO2.C2H6/c1-4-6(9)8(3)7(10)5-2;1-2/h4-5H2,1-3H3;1-2H3. The van der Waals surface area contributed by atoms with Crippen molar-refractivity contribution in [2.75, 3.05) is 7.05 Å². The van der Waals surface area contributed by atoms with Gasteiger partial charge in [0.15, 0.2) is 0 Å². The van der Waals surface area contributed by atoms with E-state index in [4.69, 9.17) is 0 Å². The van der Waals surface area contributed by atoms with Crippen molar-refractivity contribution in [1.29, 1.82) is 0 Å². The zero-order chi connectivity index (χ0) is 10.1. The number of nitrogens with zero attached hydrogens (tertiary/aromatic N) is 1. The third kappa shape index (κ3) is 4.88. The summed E-state index contributed by atoms with van der Waals surface area (Å²) in [5.74, 6) is -0.237. The van der Waals surface area contributed by atoms with E-state index in [1.807, 2.05) is 13.8 Å². The van der Waals surface area contributed by atoms with Gasteiger partial charge in [0.25, 0.3) is 0 Å². The van der Waals surface area contributed by atoms with E-state index in [2.05, 4.69) is 0 Å². The van der Waals surface area contributed by atoms with E-state index in [0.717, 1.165) is 0 Å². The molecule has 12 heavy (non-hydrogen) atoms. The van der Waals surface area contributed by atoms with Gasteiger partial charge in [0, 0.05) is 19.9 Å². The fourth-order valence-electron chi connectivity index (χ4n) is 0.613. The molecule has 0 bridgehead atoms. The second kappa shape index (κ2) is 8.24. The van der Waals surface area contributed by atoms with Crippen molar-refractivity contribution in [3.63, 3.8) is 0 Å². The van der Waals surface area contributed by atoms with Gasteiger partial charge in [0.1, 0.15) is 0 Å². The van der Waals surface area contributed by atoms with Gasteiger partial charge in [-0.15, -0.1) is 0 Å².